The maximum atomic E-state index is 13.8. The molecule has 34 atom stereocenters. The number of carboxylic acids is 2. The highest BCUT2D eigenvalue weighted by Gasteiger charge is 2.64. The van der Waals surface area contributed by atoms with Crippen molar-refractivity contribution in [3.05, 3.63) is 24.3 Å². The van der Waals surface area contributed by atoms with Crippen LogP contribution in [0.5, 0.6) is 0 Å². The van der Waals surface area contributed by atoms with E-state index in [1.54, 1.807) is 6.08 Å². The first kappa shape index (κ1) is 119. The lowest BCUT2D eigenvalue weighted by Crippen LogP contribution is -2.72. The van der Waals surface area contributed by atoms with E-state index in [-0.39, 0.29) is 12.3 Å². The Balaban J connectivity index is 1.13. The van der Waals surface area contributed by atoms with Gasteiger partial charge in [0.15, 0.2) is 25.2 Å². The van der Waals surface area contributed by atoms with E-state index < -0.39 is 296 Å². The van der Waals surface area contributed by atoms with Gasteiger partial charge in [-0.15, -0.1) is 0 Å². The number of aliphatic hydroxyl groups excluding tert-OH is 19. The van der Waals surface area contributed by atoms with E-state index in [9.17, 15) is 136 Å². The molecule has 135 heavy (non-hydrogen) atoms. The Kier molecular flexibility index (Phi) is 55.0. The van der Waals surface area contributed by atoms with Gasteiger partial charge in [-0.05, 0) is 44.9 Å². The van der Waals surface area contributed by atoms with Gasteiger partial charge in [-0.3, -0.25) is 19.2 Å². The number of hydrogen-bond donors (Lipinski definition) is 25. The summed E-state index contributed by atoms with van der Waals surface area (Å²) in [5.74, 6) is -14.6. The van der Waals surface area contributed by atoms with Crippen molar-refractivity contribution in [3.63, 3.8) is 0 Å². The number of carboxylic acid groups (broad SMARTS) is 2. The molecular formula is C92H162N4O39. The monoisotopic (exact) mass is 1950 g/mol. The van der Waals surface area contributed by atoms with Crippen LogP contribution in [0, 0.1) is 0 Å². The molecule has 0 bridgehead atoms. The Labute approximate surface area is 790 Å². The van der Waals surface area contributed by atoms with Gasteiger partial charge >= 0.3 is 11.9 Å². The Morgan fingerprint density at radius 2 is 0.778 bits per heavy atom. The normalized spacial score (nSPS) is 33.8. The first-order valence-corrected chi connectivity index (χ1v) is 48.9. The predicted molar refractivity (Wildman–Crippen MR) is 477 cm³/mol. The summed E-state index contributed by atoms with van der Waals surface area (Å²) < 4.78 is 71.0. The number of rotatable bonds is 66. The minimum Gasteiger partial charge on any atom is -0.477 e. The highest BCUT2D eigenvalue weighted by atomic mass is 16.8. The minimum atomic E-state index is -3.53. The van der Waals surface area contributed by atoms with Crippen LogP contribution in [0.1, 0.15) is 266 Å². The van der Waals surface area contributed by atoms with E-state index >= 15 is 0 Å². The second-order valence-electron chi connectivity index (χ2n) is 36.7. The molecule has 6 heterocycles. The zero-order valence-corrected chi connectivity index (χ0v) is 78.9. The smallest absolute Gasteiger partial charge is 0.364 e. The van der Waals surface area contributed by atoms with E-state index in [1.165, 1.54) is 135 Å². The van der Waals surface area contributed by atoms with Crippen molar-refractivity contribution in [3.8, 4) is 0 Å². The molecule has 784 valence electrons. The van der Waals surface area contributed by atoms with Crippen molar-refractivity contribution in [2.45, 2.75) is 473 Å². The first-order chi connectivity index (χ1) is 64.6. The topological polar surface area (TPSA) is 686 Å². The third-order valence-electron chi connectivity index (χ3n) is 25.8. The van der Waals surface area contributed by atoms with Gasteiger partial charge in [0.05, 0.1) is 82.7 Å². The average Bonchev–Trinajstić information content (AvgIpc) is 0.744. The molecule has 43 nitrogen and oxygen atoms in total. The van der Waals surface area contributed by atoms with Gasteiger partial charge in [0, 0.05) is 40.0 Å². The fourth-order valence-corrected chi connectivity index (χ4v) is 18.0. The molecule has 6 aliphatic heterocycles. The van der Waals surface area contributed by atoms with E-state index in [0.717, 1.165) is 85.0 Å². The molecule has 0 aromatic rings. The molecular weight excluding hydrogens is 1790 g/mol. The van der Waals surface area contributed by atoms with Crippen molar-refractivity contribution >= 4 is 35.6 Å². The lowest BCUT2D eigenvalue weighted by molar-refractivity contribution is -0.390. The summed E-state index contributed by atoms with van der Waals surface area (Å²) in [6, 6.07) is -6.91. The summed E-state index contributed by atoms with van der Waals surface area (Å²) in [4.78, 5) is 79.0. The number of aliphatic hydroxyl groups is 19. The quantitative estimate of drug-likeness (QED) is 0.0257. The maximum absolute atomic E-state index is 13.8. The number of amides is 4. The van der Waals surface area contributed by atoms with Crippen LogP contribution in [0.25, 0.3) is 0 Å². The molecule has 0 aromatic heterocycles. The van der Waals surface area contributed by atoms with Gasteiger partial charge in [-0.1, -0.05) is 205 Å². The number of carbonyl (C=O) groups is 6. The van der Waals surface area contributed by atoms with Crippen LogP contribution in [-0.4, -0.2) is 396 Å². The lowest BCUT2D eigenvalue weighted by atomic mass is 9.87. The van der Waals surface area contributed by atoms with Gasteiger partial charge in [0.2, 0.25) is 23.6 Å². The van der Waals surface area contributed by atoms with Crippen molar-refractivity contribution in [1.29, 1.82) is 0 Å². The average molecular weight is 1950 g/mol. The number of ether oxygens (including phenoxy) is 12. The first-order valence-electron chi connectivity index (χ1n) is 48.9. The highest BCUT2D eigenvalue weighted by Crippen LogP contribution is 2.43. The van der Waals surface area contributed by atoms with Gasteiger partial charge < -0.3 is 185 Å². The molecule has 0 aromatic carbocycles. The summed E-state index contributed by atoms with van der Waals surface area (Å²) in [6.45, 7) is -0.564. The summed E-state index contributed by atoms with van der Waals surface area (Å²) in [5.41, 5.74) is 0. The molecule has 4 amide bonds. The summed E-state index contributed by atoms with van der Waals surface area (Å²) >= 11 is 0. The number of aliphatic carboxylic acids is 2. The molecule has 0 saturated carbocycles. The van der Waals surface area contributed by atoms with E-state index in [4.69, 9.17) is 56.8 Å². The summed E-state index contributed by atoms with van der Waals surface area (Å²) in [5, 5.41) is 247. The molecule has 6 rings (SSSR count). The van der Waals surface area contributed by atoms with E-state index in [2.05, 4.69) is 47.3 Å². The maximum Gasteiger partial charge on any atom is 0.364 e. The van der Waals surface area contributed by atoms with Crippen LogP contribution in [0.3, 0.4) is 0 Å². The van der Waals surface area contributed by atoms with E-state index in [1.807, 2.05) is 6.08 Å². The third-order valence-corrected chi connectivity index (χ3v) is 25.8. The Hall–Kier alpha value is -4.94. The van der Waals surface area contributed by atoms with Crippen molar-refractivity contribution in [1.82, 2.24) is 21.3 Å². The third kappa shape index (κ3) is 36.8. The second kappa shape index (κ2) is 62.5. The zero-order valence-electron chi connectivity index (χ0n) is 78.9. The van der Waals surface area contributed by atoms with Gasteiger partial charge in [-0.25, -0.2) is 9.59 Å². The standard InChI is InChI=1S/C92H162N4O39/c1-6-8-10-12-14-16-18-20-21-22-23-24-25-26-27-28-29-31-33-35-37-39-41-43-66(110)96-56(57(106)42-40-38-36-34-32-30-19-17-15-13-11-9-7-2)52-124-86-76(117)75(116)79(65(51-102)128-86)129-87-77(118)83(72(113)62(48-99)126-87)131-85-69(95-55(5)105)80(71(112)61(47-98)125-85)130-88-78(119)84(73(114)63(49-100)127-88)135-92(90(122)123)45-59(108)68(94-54(4)104)82(134-92)74(115)64(50-101)132-91(89(120)121)44-58(107)67(93-53(3)103)81(133-91)70(111)60(109)46-97/h20-21,40,42,56-65,67-88,97-102,106-109,111-119H,6-19,22-39,41,43-52H2,1-5H3,(H,93,103)(H,94,104)(H,95,105)(H,96,110)(H,120,121)(H,122,123)/b21-20-,42-40+/t56-,57+,58?,59?,60+,61?,62?,63?,64+,65?,67+,68+,69?,70+,71+,72-,73-,74+,75+,76?,77?,78?,79+,80+,81?,82?,83-,84-,85-,86+,87-,88-,91+,92-/m0/s1. The number of unbranched alkanes of at least 4 members (excludes halogenated alkanes) is 30. The molecule has 0 aliphatic carbocycles. The molecule has 6 fully saturated rings. The molecule has 0 radical (unpaired) electrons. The second-order valence-corrected chi connectivity index (χ2v) is 36.7. The van der Waals surface area contributed by atoms with Gasteiger partial charge in [0.1, 0.15) is 134 Å². The zero-order chi connectivity index (χ0) is 99.5. The van der Waals surface area contributed by atoms with Crippen LogP contribution in [-0.2, 0) is 85.6 Å². The molecule has 25 N–H and O–H groups in total. The van der Waals surface area contributed by atoms with Gasteiger partial charge in [0.25, 0.3) is 11.6 Å². The highest BCUT2D eigenvalue weighted by molar-refractivity contribution is 5.78. The van der Waals surface area contributed by atoms with E-state index in [0.29, 0.717) is 12.8 Å². The predicted octanol–water partition coefficient (Wildman–Crippen LogP) is -0.972. The lowest BCUT2D eigenvalue weighted by Gasteiger charge is -2.52. The van der Waals surface area contributed by atoms with Crippen LogP contribution in [0.15, 0.2) is 24.3 Å². The summed E-state index contributed by atoms with van der Waals surface area (Å²) in [7, 11) is 0. The van der Waals surface area contributed by atoms with Crippen LogP contribution in [0.4, 0.5) is 0 Å². The molecule has 0 spiro atoms. The van der Waals surface area contributed by atoms with Gasteiger partial charge in [-0.2, -0.15) is 0 Å². The van der Waals surface area contributed by atoms with Crippen molar-refractivity contribution < 1.29 is 193 Å². The fraction of sp³-hybridized carbons (Fsp3) is 0.891. The number of allylic oxidation sites excluding steroid dienone is 3. The minimum absolute atomic E-state index is 0.137. The Morgan fingerprint density at radius 3 is 1.22 bits per heavy atom. The molecule has 43 heteroatoms. The number of hydrogen-bond acceptors (Lipinski definition) is 37. The fourth-order valence-electron chi connectivity index (χ4n) is 18.0. The molecule has 6 saturated heterocycles. The SMILES string of the molecule is CCCCCCCC/C=C\CCCCCCCCCCCCCCCC(=O)N[C@@H](CO[C@@H]1OC(CO)[C@@H](O[C@@H]2OC(CO)[C@H](O)[C@H](O[C@@H]3OC(CO)[C@@H](O)[C@H](O[C@@H]4OC(CO)[C@H](O)[C@H](O[C@]5(C(=O)O)CC(O)[C@@H](NC(C)=O)C([C@H](O)[C@@H](CO)O[C@]6(C(=O)O)CC(O)[C@@H](NC(C)=O)C([C@H](O)[C@H](O)CO)O6)O5)C4O)C3NC(C)=O)C2O)[C@H](O)C1O)[C@H](O)/C=C/CCCCCCCCCCCCC. The van der Waals surface area contributed by atoms with Crippen LogP contribution < -0.4 is 21.3 Å². The van der Waals surface area contributed by atoms with Crippen molar-refractivity contribution in [2.75, 3.05) is 46.2 Å². The largest absolute Gasteiger partial charge is 0.477 e. The van der Waals surface area contributed by atoms with Crippen LogP contribution in [0.2, 0.25) is 0 Å². The van der Waals surface area contributed by atoms with Crippen LogP contribution >= 0.6 is 0 Å². The number of carbonyl (C=O) groups excluding carboxylic acids is 4. The van der Waals surface area contributed by atoms with Crippen molar-refractivity contribution in [2.24, 2.45) is 0 Å². The molecule has 6 aliphatic rings. The molecule has 12 unspecified atom stereocenters. The Morgan fingerprint density at radius 1 is 0.400 bits per heavy atom. The number of nitrogens with one attached hydrogen (secondary N) is 4. The Bertz CT molecular complexity index is 3400. The summed E-state index contributed by atoms with van der Waals surface area (Å²) in [6.07, 6.45) is -17.4.